The van der Waals surface area contributed by atoms with Gasteiger partial charge in [0.05, 0.1) is 28.9 Å². The van der Waals surface area contributed by atoms with E-state index in [2.05, 4.69) is 15.0 Å². The van der Waals surface area contributed by atoms with Crippen LogP contribution < -0.4 is 5.32 Å². The normalized spacial score (nSPS) is 19.1. The minimum absolute atomic E-state index is 0.101. The van der Waals surface area contributed by atoms with Gasteiger partial charge in [-0.2, -0.15) is 13.2 Å². The van der Waals surface area contributed by atoms with Crippen molar-refractivity contribution in [3.05, 3.63) is 29.3 Å². The summed E-state index contributed by atoms with van der Waals surface area (Å²) < 4.78 is 42.0. The molecule has 0 aliphatic carbocycles. The highest BCUT2D eigenvalue weighted by molar-refractivity contribution is 7.18. The van der Waals surface area contributed by atoms with Crippen LogP contribution in [0, 0.1) is 0 Å². The number of para-hydroxylation sites is 1. The van der Waals surface area contributed by atoms with Gasteiger partial charge in [0.25, 0.3) is 0 Å². The summed E-state index contributed by atoms with van der Waals surface area (Å²) in [4.78, 5) is 18.9. The highest BCUT2D eigenvalue weighted by Crippen LogP contribution is 2.36. The van der Waals surface area contributed by atoms with E-state index in [0.29, 0.717) is 6.54 Å². The number of thiazole rings is 1. The van der Waals surface area contributed by atoms with Crippen LogP contribution in [-0.2, 0) is 4.74 Å². The number of amides is 2. The van der Waals surface area contributed by atoms with E-state index in [-0.39, 0.29) is 18.7 Å². The number of alkyl halides is 3. The number of rotatable bonds is 5. The quantitative estimate of drug-likeness (QED) is 0.840. The minimum Gasteiger partial charge on any atom is -0.370 e. The molecule has 2 heterocycles. The number of nitrogens with zero attached hydrogens (tertiary/aromatic N) is 2. The number of nitrogens with one attached hydrogen (secondary N) is 1. The third kappa shape index (κ3) is 4.64. The van der Waals surface area contributed by atoms with E-state index >= 15 is 0 Å². The second-order valence-corrected chi connectivity index (χ2v) is 7.41. The molecule has 1 aromatic heterocycles. The fourth-order valence-corrected chi connectivity index (χ4v) is 4.10. The van der Waals surface area contributed by atoms with Crippen LogP contribution >= 0.6 is 11.3 Å². The van der Waals surface area contributed by atoms with Crippen LogP contribution in [0.4, 0.5) is 18.0 Å². The Hall–Kier alpha value is -1.87. The molecule has 0 bridgehead atoms. The molecule has 1 aromatic carbocycles. The van der Waals surface area contributed by atoms with Crippen molar-refractivity contribution in [2.75, 3.05) is 19.8 Å². The van der Waals surface area contributed by atoms with Crippen molar-refractivity contribution < 1.29 is 22.7 Å². The van der Waals surface area contributed by atoms with E-state index in [1.54, 1.807) is 23.2 Å². The summed E-state index contributed by atoms with van der Waals surface area (Å²) in [7, 11) is 0. The lowest BCUT2D eigenvalue weighted by Crippen LogP contribution is -2.45. The maximum Gasteiger partial charge on any atom is 0.411 e. The largest absolute Gasteiger partial charge is 0.411 e. The van der Waals surface area contributed by atoms with Crippen LogP contribution in [0.1, 0.15) is 30.8 Å². The molecule has 1 N–H and O–H groups in total. The molecule has 26 heavy (non-hydrogen) atoms. The summed E-state index contributed by atoms with van der Waals surface area (Å²) in [6.45, 7) is 0.718. The molecular formula is C17H20F3N3O2S. The van der Waals surface area contributed by atoms with Gasteiger partial charge in [0.2, 0.25) is 0 Å². The van der Waals surface area contributed by atoms with Crippen molar-refractivity contribution in [2.24, 2.45) is 0 Å². The number of halogens is 3. The lowest BCUT2D eigenvalue weighted by molar-refractivity contribution is -0.174. The van der Waals surface area contributed by atoms with Crippen molar-refractivity contribution in [3.63, 3.8) is 0 Å². The van der Waals surface area contributed by atoms with Gasteiger partial charge in [0.15, 0.2) is 0 Å². The number of aromatic nitrogens is 1. The molecule has 0 spiro atoms. The zero-order valence-corrected chi connectivity index (χ0v) is 15.1. The molecule has 5 nitrogen and oxygen atoms in total. The first-order valence-corrected chi connectivity index (χ1v) is 9.22. The maximum atomic E-state index is 12.5. The number of carbonyl (C=O) groups excluding carboxylic acids is 1. The van der Waals surface area contributed by atoms with Gasteiger partial charge < -0.3 is 15.0 Å². The van der Waals surface area contributed by atoms with Crippen LogP contribution in [0.15, 0.2) is 24.3 Å². The smallest absolute Gasteiger partial charge is 0.370 e. The summed E-state index contributed by atoms with van der Waals surface area (Å²) in [6.07, 6.45) is -2.67. The van der Waals surface area contributed by atoms with Crippen molar-refractivity contribution in [1.29, 1.82) is 0 Å². The SMILES string of the molecule is C[C@H](COCC(F)(F)F)NC(=O)N1CCC[C@@H]1c1nc2ccccc2s1. The summed E-state index contributed by atoms with van der Waals surface area (Å²) in [5, 5.41) is 3.60. The molecular weight excluding hydrogens is 367 g/mol. The van der Waals surface area contributed by atoms with Crippen LogP contribution in [0.2, 0.25) is 0 Å². The van der Waals surface area contributed by atoms with Gasteiger partial charge in [-0.1, -0.05) is 12.1 Å². The number of fused-ring (bicyclic) bond motifs is 1. The molecule has 1 aliphatic heterocycles. The summed E-state index contributed by atoms with van der Waals surface area (Å²) in [5.74, 6) is 0. The average molecular weight is 387 g/mol. The van der Waals surface area contributed by atoms with E-state index in [4.69, 9.17) is 0 Å². The fourth-order valence-electron chi connectivity index (χ4n) is 2.99. The van der Waals surface area contributed by atoms with Crippen molar-refractivity contribution in [1.82, 2.24) is 15.2 Å². The van der Waals surface area contributed by atoms with Crippen LogP contribution in [-0.4, -0.2) is 47.9 Å². The van der Waals surface area contributed by atoms with Crippen molar-refractivity contribution >= 4 is 27.6 Å². The second kappa shape index (κ2) is 7.79. The fraction of sp³-hybridized carbons (Fsp3) is 0.529. The van der Waals surface area contributed by atoms with Gasteiger partial charge >= 0.3 is 12.2 Å². The standard InChI is InChI=1S/C17H20F3N3O2S/c1-11(9-25-10-17(18,19)20)21-16(24)23-8-4-6-13(23)15-22-12-5-2-3-7-14(12)26-15/h2-3,5,7,11,13H,4,6,8-10H2,1H3,(H,21,24)/t11-,13-/m1/s1. The van der Waals surface area contributed by atoms with Gasteiger partial charge in [-0.15, -0.1) is 11.3 Å². The molecule has 9 heteroatoms. The topological polar surface area (TPSA) is 54.5 Å². The predicted octanol–water partition coefficient (Wildman–Crippen LogP) is 4.11. The van der Waals surface area contributed by atoms with E-state index in [0.717, 1.165) is 28.1 Å². The van der Waals surface area contributed by atoms with E-state index in [1.807, 2.05) is 24.3 Å². The number of urea groups is 1. The minimum atomic E-state index is -4.36. The number of benzene rings is 1. The summed E-state index contributed by atoms with van der Waals surface area (Å²) in [5.41, 5.74) is 0.911. The Morgan fingerprint density at radius 2 is 2.23 bits per heavy atom. The van der Waals surface area contributed by atoms with Gasteiger partial charge in [-0.05, 0) is 31.9 Å². The predicted molar refractivity (Wildman–Crippen MR) is 93.2 cm³/mol. The van der Waals surface area contributed by atoms with Crippen LogP contribution in [0.5, 0.6) is 0 Å². The Bertz CT molecular complexity index is 732. The van der Waals surface area contributed by atoms with Gasteiger partial charge in [0.1, 0.15) is 11.6 Å². The molecule has 0 radical (unpaired) electrons. The number of hydrogen-bond donors (Lipinski definition) is 1. The molecule has 2 atom stereocenters. The molecule has 1 aliphatic rings. The first-order valence-electron chi connectivity index (χ1n) is 8.40. The van der Waals surface area contributed by atoms with E-state index < -0.39 is 18.8 Å². The Balaban J connectivity index is 1.59. The molecule has 0 saturated carbocycles. The van der Waals surface area contributed by atoms with Crippen molar-refractivity contribution in [2.45, 2.75) is 38.0 Å². The zero-order valence-electron chi connectivity index (χ0n) is 14.3. The second-order valence-electron chi connectivity index (χ2n) is 6.35. The lowest BCUT2D eigenvalue weighted by atomic mass is 10.2. The molecule has 142 valence electrons. The van der Waals surface area contributed by atoms with Gasteiger partial charge in [-0.25, -0.2) is 9.78 Å². The Labute approximate surface area is 153 Å². The molecule has 3 rings (SSSR count). The first kappa shape index (κ1) is 18.9. The van der Waals surface area contributed by atoms with E-state index in [9.17, 15) is 18.0 Å². The monoisotopic (exact) mass is 387 g/mol. The number of ether oxygens (including phenoxy) is 1. The van der Waals surface area contributed by atoms with Gasteiger partial charge in [-0.3, -0.25) is 0 Å². The third-order valence-electron chi connectivity index (χ3n) is 4.11. The first-order chi connectivity index (χ1) is 12.3. The Morgan fingerprint density at radius 1 is 1.46 bits per heavy atom. The number of hydrogen-bond acceptors (Lipinski definition) is 4. The average Bonchev–Trinajstić information content (AvgIpc) is 3.19. The molecule has 2 amide bonds. The summed E-state index contributed by atoms with van der Waals surface area (Å²) >= 11 is 1.57. The lowest BCUT2D eigenvalue weighted by Gasteiger charge is -2.25. The zero-order chi connectivity index (χ0) is 18.7. The molecule has 1 fully saturated rings. The molecule has 2 aromatic rings. The van der Waals surface area contributed by atoms with Crippen LogP contribution in [0.25, 0.3) is 10.2 Å². The summed E-state index contributed by atoms with van der Waals surface area (Å²) in [6, 6.07) is 6.90. The van der Waals surface area contributed by atoms with Crippen LogP contribution in [0.3, 0.4) is 0 Å². The maximum absolute atomic E-state index is 12.5. The molecule has 1 saturated heterocycles. The highest BCUT2D eigenvalue weighted by Gasteiger charge is 2.33. The number of carbonyl (C=O) groups is 1. The number of likely N-dealkylation sites (tertiary alicyclic amines) is 1. The third-order valence-corrected chi connectivity index (χ3v) is 5.25. The van der Waals surface area contributed by atoms with Crippen molar-refractivity contribution in [3.8, 4) is 0 Å². The van der Waals surface area contributed by atoms with Gasteiger partial charge in [0, 0.05) is 6.54 Å². The Morgan fingerprint density at radius 3 is 2.96 bits per heavy atom. The molecule has 0 unspecified atom stereocenters. The Kier molecular flexibility index (Phi) is 5.67. The highest BCUT2D eigenvalue weighted by atomic mass is 32.1. The van der Waals surface area contributed by atoms with E-state index in [1.165, 1.54) is 0 Å².